The number of halogens is 1. The molecule has 28 heavy (non-hydrogen) atoms. The van der Waals surface area contributed by atoms with Crippen molar-refractivity contribution in [3.8, 4) is 0 Å². The molecule has 4 heteroatoms. The first-order chi connectivity index (χ1) is 13.4. The Hall–Kier alpha value is -0.380. The van der Waals surface area contributed by atoms with Gasteiger partial charge in [0.05, 0.1) is 4.83 Å². The number of carbonyl (C=O) groups excluding carboxylic acids is 2. The van der Waals surface area contributed by atoms with Crippen LogP contribution in [0.15, 0.2) is 0 Å². The Morgan fingerprint density at radius 2 is 1.71 bits per heavy atom. The highest BCUT2D eigenvalue weighted by molar-refractivity contribution is 9.10. The number of carbonyl (C=O) groups is 2. The average Bonchev–Trinajstić information content (AvgIpc) is 3.05. The van der Waals surface area contributed by atoms with Gasteiger partial charge in [0.15, 0.2) is 5.78 Å². The molecular weight excluding hydrogens is 416 g/mol. The third-order valence-corrected chi connectivity index (χ3v) is 11.0. The SMILES string of the molecule is CC(=O)O[C@@H]1CC[C@@]2(C)[C@H](CC[C@@H]3[C@@H]2CC[C@@]24C(=O)[C@@H](Br)CC[C@H]2CC[C@@H]34)C1. The lowest BCUT2D eigenvalue weighted by Crippen LogP contribution is -2.58. The molecule has 5 aliphatic carbocycles. The molecule has 0 amide bonds. The summed E-state index contributed by atoms with van der Waals surface area (Å²) in [6.45, 7) is 4.08. The molecule has 0 N–H and O–H groups in total. The van der Waals surface area contributed by atoms with Crippen molar-refractivity contribution < 1.29 is 14.3 Å². The minimum Gasteiger partial charge on any atom is -0.463 e. The summed E-state index contributed by atoms with van der Waals surface area (Å²) in [5.74, 6) is 3.92. The van der Waals surface area contributed by atoms with Gasteiger partial charge in [0.1, 0.15) is 6.10 Å². The summed E-state index contributed by atoms with van der Waals surface area (Å²) in [5.41, 5.74) is 0.385. The van der Waals surface area contributed by atoms with Crippen molar-refractivity contribution >= 4 is 27.7 Å². The van der Waals surface area contributed by atoms with Gasteiger partial charge in [0.2, 0.25) is 0 Å². The third-order valence-electron chi connectivity index (χ3n) is 10.1. The predicted octanol–water partition coefficient (Wildman–Crippen LogP) is 5.68. The monoisotopic (exact) mass is 450 g/mol. The Labute approximate surface area is 177 Å². The fraction of sp³-hybridized carbons (Fsp3) is 0.917. The van der Waals surface area contributed by atoms with Crippen LogP contribution in [0.1, 0.15) is 84.5 Å². The van der Waals surface area contributed by atoms with Gasteiger partial charge in [-0.15, -0.1) is 0 Å². The Morgan fingerprint density at radius 3 is 2.50 bits per heavy atom. The largest absolute Gasteiger partial charge is 0.463 e. The molecule has 0 bridgehead atoms. The van der Waals surface area contributed by atoms with E-state index in [9.17, 15) is 9.59 Å². The van der Waals surface area contributed by atoms with Gasteiger partial charge in [-0.3, -0.25) is 9.59 Å². The lowest BCUT2D eigenvalue weighted by Gasteiger charge is -2.61. The van der Waals surface area contributed by atoms with Gasteiger partial charge in [-0.05, 0) is 106 Å². The van der Waals surface area contributed by atoms with Crippen LogP contribution in [0.4, 0.5) is 0 Å². The first-order valence-corrected chi connectivity index (χ1v) is 12.6. The molecule has 156 valence electrons. The molecule has 0 aliphatic heterocycles. The molecule has 5 aliphatic rings. The molecule has 0 radical (unpaired) electrons. The third kappa shape index (κ3) is 2.65. The molecule has 5 fully saturated rings. The van der Waals surface area contributed by atoms with Crippen LogP contribution in [0.25, 0.3) is 0 Å². The van der Waals surface area contributed by atoms with Crippen molar-refractivity contribution in [2.24, 2.45) is 40.4 Å². The van der Waals surface area contributed by atoms with Gasteiger partial charge < -0.3 is 4.74 Å². The van der Waals surface area contributed by atoms with Crippen LogP contribution >= 0.6 is 15.9 Å². The van der Waals surface area contributed by atoms with E-state index < -0.39 is 0 Å². The quantitative estimate of drug-likeness (QED) is 0.380. The maximum Gasteiger partial charge on any atom is 0.302 e. The van der Waals surface area contributed by atoms with E-state index >= 15 is 0 Å². The normalized spacial score (nSPS) is 52.8. The van der Waals surface area contributed by atoms with Crippen LogP contribution in [0.2, 0.25) is 0 Å². The van der Waals surface area contributed by atoms with Gasteiger partial charge in [-0.2, -0.15) is 0 Å². The van der Waals surface area contributed by atoms with E-state index in [2.05, 4.69) is 22.9 Å². The first kappa shape index (κ1) is 19.6. The zero-order valence-corrected chi connectivity index (χ0v) is 19.0. The van der Waals surface area contributed by atoms with E-state index in [4.69, 9.17) is 4.74 Å². The second kappa shape index (κ2) is 6.82. The summed E-state index contributed by atoms with van der Waals surface area (Å²) in [5, 5.41) is 0. The number of fused-ring (bicyclic) bond motifs is 4. The van der Waals surface area contributed by atoms with Crippen molar-refractivity contribution in [2.75, 3.05) is 0 Å². The van der Waals surface area contributed by atoms with Crippen molar-refractivity contribution in [1.29, 1.82) is 0 Å². The topological polar surface area (TPSA) is 43.4 Å². The zero-order valence-electron chi connectivity index (χ0n) is 17.4. The lowest BCUT2D eigenvalue weighted by atomic mass is 9.43. The molecule has 0 aromatic heterocycles. The number of alkyl halides is 1. The number of esters is 1. The second-order valence-corrected chi connectivity index (χ2v) is 12.0. The van der Waals surface area contributed by atoms with E-state index in [1.165, 1.54) is 44.9 Å². The number of ketones is 1. The zero-order chi connectivity index (χ0) is 19.7. The van der Waals surface area contributed by atoms with Crippen LogP contribution in [0, 0.1) is 40.4 Å². The van der Waals surface area contributed by atoms with Gasteiger partial charge in [0, 0.05) is 12.3 Å². The maximum absolute atomic E-state index is 13.5. The highest BCUT2D eigenvalue weighted by Crippen LogP contribution is 2.69. The van der Waals surface area contributed by atoms with Crippen LogP contribution in [-0.4, -0.2) is 22.7 Å². The summed E-state index contributed by atoms with van der Waals surface area (Å²) in [6.07, 6.45) is 13.2. The van der Waals surface area contributed by atoms with Crippen molar-refractivity contribution in [3.05, 3.63) is 0 Å². The van der Waals surface area contributed by atoms with E-state index in [0.29, 0.717) is 29.0 Å². The fourth-order valence-electron chi connectivity index (χ4n) is 9.03. The van der Waals surface area contributed by atoms with E-state index in [-0.39, 0.29) is 22.3 Å². The first-order valence-electron chi connectivity index (χ1n) is 11.7. The molecule has 9 atom stereocenters. The van der Waals surface area contributed by atoms with Crippen LogP contribution in [0.3, 0.4) is 0 Å². The van der Waals surface area contributed by atoms with E-state index in [0.717, 1.165) is 37.5 Å². The number of hydrogen-bond acceptors (Lipinski definition) is 3. The lowest BCUT2D eigenvalue weighted by molar-refractivity contribution is -0.165. The van der Waals surface area contributed by atoms with Gasteiger partial charge in [-0.1, -0.05) is 22.9 Å². The predicted molar refractivity (Wildman–Crippen MR) is 112 cm³/mol. The molecule has 1 spiro atoms. The number of rotatable bonds is 1. The smallest absolute Gasteiger partial charge is 0.302 e. The molecule has 0 unspecified atom stereocenters. The van der Waals surface area contributed by atoms with Gasteiger partial charge in [-0.25, -0.2) is 0 Å². The maximum atomic E-state index is 13.5. The molecule has 0 saturated heterocycles. The highest BCUT2D eigenvalue weighted by atomic mass is 79.9. The second-order valence-electron chi connectivity index (χ2n) is 10.9. The van der Waals surface area contributed by atoms with E-state index in [1.807, 2.05) is 0 Å². The summed E-state index contributed by atoms with van der Waals surface area (Å²) >= 11 is 3.74. The molecule has 5 rings (SSSR count). The highest BCUT2D eigenvalue weighted by Gasteiger charge is 2.65. The van der Waals surface area contributed by atoms with Gasteiger partial charge >= 0.3 is 5.97 Å². The van der Waals surface area contributed by atoms with Crippen molar-refractivity contribution in [1.82, 2.24) is 0 Å². The molecule has 3 nitrogen and oxygen atoms in total. The minimum atomic E-state index is -0.126. The number of Topliss-reactive ketones (excluding diaryl/α,β-unsaturated/α-hetero) is 1. The Kier molecular flexibility index (Phi) is 4.77. The van der Waals surface area contributed by atoms with Gasteiger partial charge in [0.25, 0.3) is 0 Å². The minimum absolute atomic E-state index is 0.00568. The van der Waals surface area contributed by atoms with Crippen LogP contribution < -0.4 is 0 Å². The Bertz CT molecular complexity index is 677. The summed E-state index contributed by atoms with van der Waals surface area (Å²) in [6, 6.07) is 0. The number of hydrogen-bond donors (Lipinski definition) is 0. The number of ether oxygens (including phenoxy) is 1. The summed E-state index contributed by atoms with van der Waals surface area (Å²) < 4.78 is 5.60. The van der Waals surface area contributed by atoms with Crippen LogP contribution in [-0.2, 0) is 14.3 Å². The fourth-order valence-corrected chi connectivity index (χ4v) is 9.72. The molecule has 0 aromatic carbocycles. The van der Waals surface area contributed by atoms with Crippen LogP contribution in [0.5, 0.6) is 0 Å². The molecule has 0 aromatic rings. The Morgan fingerprint density at radius 1 is 0.964 bits per heavy atom. The standard InChI is InChI=1S/C24H35BrO3/c1-14(26)28-17-9-11-23(2)16(13-17)3-6-18-19(23)10-12-24-15(4-7-20(18)24)5-8-21(25)22(24)27/h15-21H,3-13H2,1-2H3/t15-,16-,17-,18-,19+,20+,21+,23+,24-/m1/s1. The summed E-state index contributed by atoms with van der Waals surface area (Å²) in [7, 11) is 0. The van der Waals surface area contributed by atoms with E-state index in [1.54, 1.807) is 6.92 Å². The molecular formula is C24H35BrO3. The molecule has 0 heterocycles. The molecule has 5 saturated carbocycles. The van der Waals surface area contributed by atoms with Crippen molar-refractivity contribution in [3.63, 3.8) is 0 Å². The summed E-state index contributed by atoms with van der Waals surface area (Å²) in [4.78, 5) is 25.0. The average molecular weight is 451 g/mol. The Balaban J connectivity index is 1.40. The van der Waals surface area contributed by atoms with Crippen molar-refractivity contribution in [2.45, 2.75) is 95.4 Å².